The van der Waals surface area contributed by atoms with Crippen LogP contribution in [0.1, 0.15) is 25.7 Å². The van der Waals surface area contributed by atoms with Gasteiger partial charge in [0.2, 0.25) is 0 Å². The largest absolute Gasteiger partial charge is 0.0902 e. The maximum atomic E-state index is 8.23. The fourth-order valence-corrected chi connectivity index (χ4v) is 1.49. The van der Waals surface area contributed by atoms with Crippen LogP contribution in [0.2, 0.25) is 0 Å². The van der Waals surface area contributed by atoms with Gasteiger partial charge in [-0.2, -0.15) is 0 Å². The second kappa shape index (κ2) is 4.49. The Morgan fingerprint density at radius 1 is 0.917 bits per heavy atom. The molecule has 6 heteroatoms. The summed E-state index contributed by atoms with van der Waals surface area (Å²) < 4.78 is 0. The molecule has 0 saturated heterocycles. The summed E-state index contributed by atoms with van der Waals surface area (Å²) in [6, 6.07) is -0.251. The highest BCUT2D eigenvalue weighted by molar-refractivity contribution is 4.86. The average Bonchev–Trinajstić information content (AvgIpc) is 2.09. The lowest BCUT2D eigenvalue weighted by Crippen LogP contribution is -2.25. The molecule has 6 nitrogen and oxygen atoms in total. The Morgan fingerprint density at radius 3 is 1.67 bits per heavy atom. The van der Waals surface area contributed by atoms with Gasteiger partial charge in [-0.15, -0.1) is 0 Å². The van der Waals surface area contributed by atoms with Gasteiger partial charge in [0.15, 0.2) is 0 Å². The standard InChI is InChI=1S/C6H10N6/c7-11-9-5-3-1-2-4-6(5)10-12-8/h5-6H,1-4H2/t5-,6-/m1/s1. The molecule has 0 bridgehead atoms. The molecule has 0 N–H and O–H groups in total. The van der Waals surface area contributed by atoms with E-state index in [1.807, 2.05) is 0 Å². The molecule has 0 spiro atoms. The van der Waals surface area contributed by atoms with Crippen LogP contribution in [0.15, 0.2) is 10.2 Å². The van der Waals surface area contributed by atoms with Crippen molar-refractivity contribution < 1.29 is 0 Å². The normalized spacial score (nSPS) is 28.3. The predicted molar refractivity (Wildman–Crippen MR) is 44.3 cm³/mol. The van der Waals surface area contributed by atoms with E-state index < -0.39 is 0 Å². The van der Waals surface area contributed by atoms with Gasteiger partial charge in [-0.25, -0.2) is 0 Å². The molecule has 1 rings (SSSR count). The van der Waals surface area contributed by atoms with Gasteiger partial charge in [0.25, 0.3) is 0 Å². The zero-order valence-electron chi connectivity index (χ0n) is 6.67. The molecule has 1 aliphatic carbocycles. The highest BCUT2D eigenvalue weighted by Gasteiger charge is 2.22. The summed E-state index contributed by atoms with van der Waals surface area (Å²) in [5.41, 5.74) is 16.5. The van der Waals surface area contributed by atoms with Crippen molar-refractivity contribution in [3.8, 4) is 0 Å². The first-order valence-electron chi connectivity index (χ1n) is 3.97. The molecular weight excluding hydrogens is 156 g/mol. The van der Waals surface area contributed by atoms with Gasteiger partial charge in [0.1, 0.15) is 0 Å². The molecule has 0 unspecified atom stereocenters. The van der Waals surface area contributed by atoms with E-state index in [1.165, 1.54) is 0 Å². The molecule has 0 aliphatic heterocycles. The third kappa shape index (κ3) is 2.05. The third-order valence-corrected chi connectivity index (χ3v) is 2.09. The SMILES string of the molecule is [N-]=[N+]=N[C@@H]1CCCC[C@H]1N=[N+]=[N-]. The van der Waals surface area contributed by atoms with Gasteiger partial charge in [-0.05, 0) is 23.9 Å². The van der Waals surface area contributed by atoms with Crippen LogP contribution >= 0.6 is 0 Å². The number of rotatable bonds is 2. The summed E-state index contributed by atoms with van der Waals surface area (Å²) in [5.74, 6) is 0. The first-order valence-corrected chi connectivity index (χ1v) is 3.97. The highest BCUT2D eigenvalue weighted by Crippen LogP contribution is 2.23. The van der Waals surface area contributed by atoms with Crippen molar-refractivity contribution >= 4 is 0 Å². The van der Waals surface area contributed by atoms with Crippen LogP contribution in [0, 0.1) is 0 Å². The lowest BCUT2D eigenvalue weighted by molar-refractivity contribution is 0.383. The Bertz CT molecular complexity index is 210. The molecular formula is C6H10N6. The predicted octanol–water partition coefficient (Wildman–Crippen LogP) is 2.92. The van der Waals surface area contributed by atoms with Crippen molar-refractivity contribution in [3.63, 3.8) is 0 Å². The van der Waals surface area contributed by atoms with Crippen molar-refractivity contribution in [2.24, 2.45) is 10.2 Å². The molecule has 0 radical (unpaired) electrons. The van der Waals surface area contributed by atoms with Gasteiger partial charge in [-0.3, -0.25) is 0 Å². The fourth-order valence-electron chi connectivity index (χ4n) is 1.49. The quantitative estimate of drug-likeness (QED) is 0.342. The average molecular weight is 166 g/mol. The minimum atomic E-state index is -0.125. The van der Waals surface area contributed by atoms with E-state index in [0.717, 1.165) is 25.7 Å². The van der Waals surface area contributed by atoms with Crippen LogP contribution < -0.4 is 0 Å². The summed E-state index contributed by atoms with van der Waals surface area (Å²) >= 11 is 0. The lowest BCUT2D eigenvalue weighted by atomic mass is 9.92. The Kier molecular flexibility index (Phi) is 3.26. The van der Waals surface area contributed by atoms with Gasteiger partial charge >= 0.3 is 0 Å². The van der Waals surface area contributed by atoms with E-state index in [-0.39, 0.29) is 12.1 Å². The topological polar surface area (TPSA) is 97.5 Å². The minimum Gasteiger partial charge on any atom is -0.0902 e. The Hall–Kier alpha value is -1.38. The van der Waals surface area contributed by atoms with Gasteiger partial charge in [0.05, 0.1) is 0 Å². The molecule has 64 valence electrons. The molecule has 1 aliphatic rings. The van der Waals surface area contributed by atoms with E-state index in [2.05, 4.69) is 20.1 Å². The first-order chi connectivity index (χ1) is 5.88. The van der Waals surface area contributed by atoms with Crippen LogP contribution in [-0.4, -0.2) is 12.1 Å². The van der Waals surface area contributed by atoms with E-state index >= 15 is 0 Å². The maximum absolute atomic E-state index is 8.23. The van der Waals surface area contributed by atoms with Gasteiger partial charge < -0.3 is 0 Å². The van der Waals surface area contributed by atoms with E-state index in [1.54, 1.807) is 0 Å². The smallest absolute Gasteiger partial charge is 0.0458 e. The van der Waals surface area contributed by atoms with E-state index in [9.17, 15) is 0 Å². The number of nitrogens with zero attached hydrogens (tertiary/aromatic N) is 6. The zero-order valence-corrected chi connectivity index (χ0v) is 6.67. The molecule has 1 fully saturated rings. The summed E-state index contributed by atoms with van der Waals surface area (Å²) in [4.78, 5) is 5.47. The number of hydrogen-bond donors (Lipinski definition) is 0. The van der Waals surface area contributed by atoms with Gasteiger partial charge in [0, 0.05) is 21.9 Å². The van der Waals surface area contributed by atoms with Crippen molar-refractivity contribution in [2.75, 3.05) is 0 Å². The molecule has 0 aromatic carbocycles. The number of hydrogen-bond acceptors (Lipinski definition) is 2. The molecule has 0 amide bonds. The third-order valence-electron chi connectivity index (χ3n) is 2.09. The maximum Gasteiger partial charge on any atom is 0.0458 e. The zero-order chi connectivity index (χ0) is 8.81. The minimum absolute atomic E-state index is 0.125. The summed E-state index contributed by atoms with van der Waals surface area (Å²) in [7, 11) is 0. The second-order valence-electron chi connectivity index (χ2n) is 2.83. The summed E-state index contributed by atoms with van der Waals surface area (Å²) in [5, 5.41) is 7.20. The first kappa shape index (κ1) is 8.71. The van der Waals surface area contributed by atoms with Crippen molar-refractivity contribution in [1.29, 1.82) is 0 Å². The Morgan fingerprint density at radius 2 is 1.33 bits per heavy atom. The molecule has 0 aromatic rings. The van der Waals surface area contributed by atoms with Gasteiger partial charge in [-0.1, -0.05) is 23.1 Å². The monoisotopic (exact) mass is 166 g/mol. The molecule has 0 aromatic heterocycles. The van der Waals surface area contributed by atoms with Crippen LogP contribution in [0.25, 0.3) is 20.9 Å². The Labute approximate surface area is 69.8 Å². The van der Waals surface area contributed by atoms with Crippen LogP contribution in [-0.2, 0) is 0 Å². The molecule has 0 heterocycles. The highest BCUT2D eigenvalue weighted by atomic mass is 15.2. The number of azide groups is 2. The van der Waals surface area contributed by atoms with Crippen molar-refractivity contribution in [2.45, 2.75) is 37.8 Å². The van der Waals surface area contributed by atoms with Crippen LogP contribution in [0.4, 0.5) is 0 Å². The van der Waals surface area contributed by atoms with E-state index in [4.69, 9.17) is 11.1 Å². The fraction of sp³-hybridized carbons (Fsp3) is 1.00. The molecule has 12 heavy (non-hydrogen) atoms. The van der Waals surface area contributed by atoms with Crippen LogP contribution in [0.5, 0.6) is 0 Å². The lowest BCUT2D eigenvalue weighted by Gasteiger charge is -2.23. The summed E-state index contributed by atoms with van der Waals surface area (Å²) in [6.45, 7) is 0. The molecule has 2 atom stereocenters. The second-order valence-corrected chi connectivity index (χ2v) is 2.83. The van der Waals surface area contributed by atoms with Crippen LogP contribution in [0.3, 0.4) is 0 Å². The Balaban J connectivity index is 2.65. The van der Waals surface area contributed by atoms with Crippen molar-refractivity contribution in [3.05, 3.63) is 20.9 Å². The van der Waals surface area contributed by atoms with E-state index in [0.29, 0.717) is 0 Å². The van der Waals surface area contributed by atoms with Crippen molar-refractivity contribution in [1.82, 2.24) is 0 Å². The molecule has 1 saturated carbocycles. The summed E-state index contributed by atoms with van der Waals surface area (Å²) in [6.07, 6.45) is 3.80.